The Kier molecular flexibility index (Phi) is 3.94. The number of hydrogen-bond donors (Lipinski definition) is 1. The molecule has 0 radical (unpaired) electrons. The van der Waals surface area contributed by atoms with Gasteiger partial charge in [-0.3, -0.25) is 18.7 Å². The van der Waals surface area contributed by atoms with Crippen molar-refractivity contribution in [2.75, 3.05) is 5.32 Å². The van der Waals surface area contributed by atoms with Crippen LogP contribution >= 0.6 is 11.6 Å². The molecule has 0 aliphatic carbocycles. The Morgan fingerprint density at radius 3 is 2.50 bits per heavy atom. The molecule has 0 fully saturated rings. The summed E-state index contributed by atoms with van der Waals surface area (Å²) in [6.45, 7) is 0. The number of benzene rings is 1. The van der Waals surface area contributed by atoms with Gasteiger partial charge in [0.2, 0.25) is 0 Å². The molecule has 0 aliphatic rings. The van der Waals surface area contributed by atoms with Crippen LogP contribution in [0.3, 0.4) is 0 Å². The van der Waals surface area contributed by atoms with Crippen LogP contribution in [0, 0.1) is 0 Å². The molecule has 0 saturated carbocycles. The lowest BCUT2D eigenvalue weighted by molar-refractivity contribution is 0.102. The lowest BCUT2D eigenvalue weighted by Crippen LogP contribution is -2.37. The predicted molar refractivity (Wildman–Crippen MR) is 91.6 cm³/mol. The Morgan fingerprint density at radius 1 is 1.08 bits per heavy atom. The van der Waals surface area contributed by atoms with Crippen LogP contribution in [0.15, 0.2) is 46.0 Å². The number of para-hydroxylation sites is 1. The van der Waals surface area contributed by atoms with E-state index in [2.05, 4.69) is 10.3 Å². The second-order valence-electron chi connectivity index (χ2n) is 5.21. The summed E-state index contributed by atoms with van der Waals surface area (Å²) in [5, 5.41) is 3.30. The summed E-state index contributed by atoms with van der Waals surface area (Å²) in [5.41, 5.74) is -0.299. The standard InChI is InChI=1S/C16H13ClN4O3/c1-20-13-9(15(23)21(2)16(20)24)7-8-12(18-13)14(22)19-11-6-4-3-5-10(11)17/h3-8H,1-2H3,(H,19,22). The number of aryl methyl sites for hydroxylation is 1. The summed E-state index contributed by atoms with van der Waals surface area (Å²) < 4.78 is 2.22. The number of anilines is 1. The van der Waals surface area contributed by atoms with Crippen LogP contribution in [0.4, 0.5) is 5.69 Å². The van der Waals surface area contributed by atoms with Gasteiger partial charge in [0, 0.05) is 14.1 Å². The molecule has 2 heterocycles. The van der Waals surface area contributed by atoms with Crippen LogP contribution < -0.4 is 16.6 Å². The van der Waals surface area contributed by atoms with Crippen LogP contribution in [0.1, 0.15) is 10.5 Å². The largest absolute Gasteiger partial charge is 0.332 e. The van der Waals surface area contributed by atoms with Crippen LogP contribution in [-0.2, 0) is 14.1 Å². The molecule has 3 aromatic rings. The first-order valence-corrected chi connectivity index (χ1v) is 7.40. The molecule has 1 N–H and O–H groups in total. The SMILES string of the molecule is Cn1c(=O)c2ccc(C(=O)Nc3ccccc3Cl)nc2n(C)c1=O. The highest BCUT2D eigenvalue weighted by atomic mass is 35.5. The summed E-state index contributed by atoms with van der Waals surface area (Å²) in [6, 6.07) is 9.71. The van der Waals surface area contributed by atoms with Gasteiger partial charge in [0.25, 0.3) is 11.5 Å². The minimum absolute atomic E-state index is 0.0747. The highest BCUT2D eigenvalue weighted by molar-refractivity contribution is 6.33. The summed E-state index contributed by atoms with van der Waals surface area (Å²) in [4.78, 5) is 40.6. The van der Waals surface area contributed by atoms with Crippen LogP contribution in [0.2, 0.25) is 5.02 Å². The Bertz CT molecular complexity index is 1080. The molecule has 0 spiro atoms. The fourth-order valence-corrected chi connectivity index (χ4v) is 2.51. The molecule has 0 atom stereocenters. The molecule has 0 bridgehead atoms. The number of hydrogen-bond acceptors (Lipinski definition) is 4. The fraction of sp³-hybridized carbons (Fsp3) is 0.125. The molecule has 122 valence electrons. The maximum atomic E-state index is 12.4. The number of rotatable bonds is 2. The van der Waals surface area contributed by atoms with Gasteiger partial charge in [-0.15, -0.1) is 0 Å². The molecule has 1 aromatic carbocycles. The van der Waals surface area contributed by atoms with E-state index in [0.717, 1.165) is 4.57 Å². The second kappa shape index (κ2) is 5.93. The zero-order valence-electron chi connectivity index (χ0n) is 12.9. The molecular formula is C16H13ClN4O3. The lowest BCUT2D eigenvalue weighted by atomic mass is 10.2. The van der Waals surface area contributed by atoms with E-state index in [-0.39, 0.29) is 16.7 Å². The Labute approximate surface area is 141 Å². The molecule has 3 rings (SSSR count). The normalized spacial score (nSPS) is 10.8. The van der Waals surface area contributed by atoms with Gasteiger partial charge in [0.05, 0.1) is 16.1 Å². The third-order valence-electron chi connectivity index (χ3n) is 3.66. The highest BCUT2D eigenvalue weighted by Gasteiger charge is 2.14. The van der Waals surface area contributed by atoms with Gasteiger partial charge in [0.15, 0.2) is 0 Å². The molecule has 7 nitrogen and oxygen atoms in total. The lowest BCUT2D eigenvalue weighted by Gasteiger charge is -2.09. The maximum absolute atomic E-state index is 12.4. The summed E-state index contributed by atoms with van der Waals surface area (Å²) in [6.07, 6.45) is 0. The van der Waals surface area contributed by atoms with Crippen molar-refractivity contribution in [3.8, 4) is 0 Å². The van der Waals surface area contributed by atoms with Crippen molar-refractivity contribution in [3.63, 3.8) is 0 Å². The highest BCUT2D eigenvalue weighted by Crippen LogP contribution is 2.21. The molecule has 0 aliphatic heterocycles. The number of pyridine rings is 1. The maximum Gasteiger partial charge on any atom is 0.332 e. The summed E-state index contributed by atoms with van der Waals surface area (Å²) in [7, 11) is 2.88. The number of carbonyl (C=O) groups is 1. The van der Waals surface area contributed by atoms with Gasteiger partial charge in [-0.1, -0.05) is 23.7 Å². The van der Waals surface area contributed by atoms with Crippen LogP contribution in [-0.4, -0.2) is 20.0 Å². The zero-order chi connectivity index (χ0) is 17.4. The minimum Gasteiger partial charge on any atom is -0.319 e. The monoisotopic (exact) mass is 344 g/mol. The molecule has 0 unspecified atom stereocenters. The van der Waals surface area contributed by atoms with Gasteiger partial charge in [-0.25, -0.2) is 9.78 Å². The van der Waals surface area contributed by atoms with Crippen molar-refractivity contribution in [2.24, 2.45) is 14.1 Å². The van der Waals surface area contributed by atoms with Gasteiger partial charge < -0.3 is 5.32 Å². The van der Waals surface area contributed by atoms with Gasteiger partial charge >= 0.3 is 5.69 Å². The van der Waals surface area contributed by atoms with Gasteiger partial charge in [-0.05, 0) is 24.3 Å². The molecule has 0 saturated heterocycles. The number of nitrogens with one attached hydrogen (secondary N) is 1. The van der Waals surface area contributed by atoms with Gasteiger partial charge in [0.1, 0.15) is 11.3 Å². The Balaban J connectivity index is 2.08. The smallest absolute Gasteiger partial charge is 0.319 e. The first-order chi connectivity index (χ1) is 11.4. The van der Waals surface area contributed by atoms with Crippen molar-refractivity contribution in [1.82, 2.24) is 14.1 Å². The quantitative estimate of drug-likeness (QED) is 0.764. The average Bonchev–Trinajstić information content (AvgIpc) is 2.59. The number of halogens is 1. The topological polar surface area (TPSA) is 86.0 Å². The number of aromatic nitrogens is 3. The third-order valence-corrected chi connectivity index (χ3v) is 3.99. The van der Waals surface area contributed by atoms with E-state index < -0.39 is 17.2 Å². The van der Waals surface area contributed by atoms with Crippen molar-refractivity contribution in [3.05, 3.63) is 68.0 Å². The average molecular weight is 345 g/mol. The third kappa shape index (κ3) is 2.59. The minimum atomic E-state index is -0.510. The van der Waals surface area contributed by atoms with E-state index in [1.54, 1.807) is 24.3 Å². The van der Waals surface area contributed by atoms with Crippen molar-refractivity contribution < 1.29 is 4.79 Å². The number of amides is 1. The van der Waals surface area contributed by atoms with Crippen LogP contribution in [0.5, 0.6) is 0 Å². The van der Waals surface area contributed by atoms with E-state index in [0.29, 0.717) is 10.7 Å². The van der Waals surface area contributed by atoms with Crippen LogP contribution in [0.25, 0.3) is 11.0 Å². The fourth-order valence-electron chi connectivity index (χ4n) is 2.33. The predicted octanol–water partition coefficient (Wildman–Crippen LogP) is 1.54. The Hall–Kier alpha value is -2.93. The van der Waals surface area contributed by atoms with E-state index in [9.17, 15) is 14.4 Å². The number of carbonyl (C=O) groups excluding carboxylic acids is 1. The molecule has 8 heteroatoms. The zero-order valence-corrected chi connectivity index (χ0v) is 13.7. The first-order valence-electron chi connectivity index (χ1n) is 7.03. The molecule has 1 amide bonds. The van der Waals surface area contributed by atoms with Gasteiger partial charge in [-0.2, -0.15) is 0 Å². The van der Waals surface area contributed by atoms with E-state index in [1.165, 1.54) is 30.8 Å². The molecular weight excluding hydrogens is 332 g/mol. The van der Waals surface area contributed by atoms with Crippen molar-refractivity contribution in [1.29, 1.82) is 0 Å². The number of fused-ring (bicyclic) bond motifs is 1. The summed E-state index contributed by atoms with van der Waals surface area (Å²) in [5.74, 6) is -0.488. The Morgan fingerprint density at radius 2 is 1.79 bits per heavy atom. The summed E-state index contributed by atoms with van der Waals surface area (Å²) >= 11 is 6.01. The van der Waals surface area contributed by atoms with E-state index >= 15 is 0 Å². The number of nitrogens with zero attached hydrogens (tertiary/aromatic N) is 3. The van der Waals surface area contributed by atoms with E-state index in [1.807, 2.05) is 0 Å². The molecule has 2 aromatic heterocycles. The second-order valence-corrected chi connectivity index (χ2v) is 5.61. The van der Waals surface area contributed by atoms with Crippen molar-refractivity contribution >= 4 is 34.2 Å². The van der Waals surface area contributed by atoms with Crippen molar-refractivity contribution in [2.45, 2.75) is 0 Å². The van der Waals surface area contributed by atoms with E-state index in [4.69, 9.17) is 11.6 Å². The first kappa shape index (κ1) is 15.9. The molecule has 24 heavy (non-hydrogen) atoms.